The first-order valence-corrected chi connectivity index (χ1v) is 7.63. The molecule has 3 nitrogen and oxygen atoms in total. The first-order chi connectivity index (χ1) is 10.6. The Balaban J connectivity index is 1.83. The van der Waals surface area contributed by atoms with Crippen LogP contribution in [0.1, 0.15) is 18.9 Å². The number of methoxy groups -OCH3 is 1. The lowest BCUT2D eigenvalue weighted by Gasteiger charge is -2.12. The van der Waals surface area contributed by atoms with E-state index < -0.39 is 0 Å². The normalized spacial score (nSPS) is 11.8. The number of anilines is 1. The minimum Gasteiger partial charge on any atom is -0.497 e. The van der Waals surface area contributed by atoms with Gasteiger partial charge in [-0.05, 0) is 54.3 Å². The number of nitrogens with one attached hydrogen (secondary N) is 1. The number of halogens is 1. The zero-order valence-corrected chi connectivity index (χ0v) is 13.6. The molecule has 2 aromatic carbocycles. The van der Waals surface area contributed by atoms with Crippen LogP contribution in [0.4, 0.5) is 5.69 Å². The highest BCUT2D eigenvalue weighted by atomic mass is 35.5. The summed E-state index contributed by atoms with van der Waals surface area (Å²) in [4.78, 5) is 12.1. The molecule has 0 heterocycles. The summed E-state index contributed by atoms with van der Waals surface area (Å²) >= 11 is 5.87. The summed E-state index contributed by atoms with van der Waals surface area (Å²) in [6, 6.07) is 15.1. The summed E-state index contributed by atoms with van der Waals surface area (Å²) in [5.74, 6) is 1.06. The Morgan fingerprint density at radius 3 is 2.36 bits per heavy atom. The number of carbonyl (C=O) groups excluding carboxylic acids is 1. The second kappa shape index (κ2) is 7.85. The molecular weight excluding hydrogens is 298 g/mol. The lowest BCUT2D eigenvalue weighted by molar-refractivity contribution is -0.116. The van der Waals surface area contributed by atoms with Crippen LogP contribution in [0.3, 0.4) is 0 Å². The van der Waals surface area contributed by atoms with Crippen LogP contribution in [0.5, 0.6) is 5.75 Å². The van der Waals surface area contributed by atoms with E-state index in [1.54, 1.807) is 7.11 Å². The second-order valence-corrected chi connectivity index (χ2v) is 5.85. The van der Waals surface area contributed by atoms with Crippen LogP contribution >= 0.6 is 11.6 Å². The van der Waals surface area contributed by atoms with Crippen molar-refractivity contribution in [2.45, 2.75) is 19.8 Å². The fourth-order valence-corrected chi connectivity index (χ4v) is 2.42. The number of ether oxygens (including phenoxy) is 1. The van der Waals surface area contributed by atoms with Gasteiger partial charge in [0.1, 0.15) is 5.75 Å². The van der Waals surface area contributed by atoms with Crippen LogP contribution in [-0.4, -0.2) is 13.0 Å². The predicted octanol–water partition coefficient (Wildman–Crippen LogP) is 4.56. The summed E-state index contributed by atoms with van der Waals surface area (Å²) in [6.45, 7) is 2.07. The molecule has 4 heteroatoms. The van der Waals surface area contributed by atoms with E-state index in [1.807, 2.05) is 48.5 Å². The summed E-state index contributed by atoms with van der Waals surface area (Å²) in [5.41, 5.74) is 1.97. The molecule has 0 fully saturated rings. The maximum Gasteiger partial charge on any atom is 0.224 e. The van der Waals surface area contributed by atoms with E-state index in [0.29, 0.717) is 6.42 Å². The van der Waals surface area contributed by atoms with Crippen molar-refractivity contribution in [3.8, 4) is 5.75 Å². The molecule has 0 radical (unpaired) electrons. The topological polar surface area (TPSA) is 38.3 Å². The Kier molecular flexibility index (Phi) is 5.84. The van der Waals surface area contributed by atoms with E-state index in [-0.39, 0.29) is 11.8 Å². The Bertz CT molecular complexity index is 608. The summed E-state index contributed by atoms with van der Waals surface area (Å²) < 4.78 is 5.09. The number of carbonyl (C=O) groups is 1. The monoisotopic (exact) mass is 317 g/mol. The van der Waals surface area contributed by atoms with Gasteiger partial charge >= 0.3 is 0 Å². The molecule has 0 spiro atoms. The van der Waals surface area contributed by atoms with Crippen molar-refractivity contribution in [3.05, 3.63) is 59.1 Å². The Hall–Kier alpha value is -2.00. The highest BCUT2D eigenvalue weighted by molar-refractivity contribution is 6.30. The molecule has 0 aliphatic rings. The van der Waals surface area contributed by atoms with Gasteiger partial charge in [0, 0.05) is 17.1 Å². The molecule has 22 heavy (non-hydrogen) atoms. The minimum atomic E-state index is 0.0200. The Morgan fingerprint density at radius 2 is 1.77 bits per heavy atom. The average Bonchev–Trinajstić information content (AvgIpc) is 2.50. The molecule has 0 aliphatic carbocycles. The van der Waals surface area contributed by atoms with Gasteiger partial charge in [0.15, 0.2) is 0 Å². The van der Waals surface area contributed by atoms with Crippen LogP contribution in [-0.2, 0) is 11.2 Å². The van der Waals surface area contributed by atoms with Gasteiger partial charge in [0.2, 0.25) is 5.91 Å². The highest BCUT2D eigenvalue weighted by Crippen LogP contribution is 2.18. The molecule has 0 aromatic heterocycles. The van der Waals surface area contributed by atoms with Gasteiger partial charge in [-0.3, -0.25) is 4.79 Å². The molecule has 2 aromatic rings. The third-order valence-electron chi connectivity index (χ3n) is 3.41. The van der Waals surface area contributed by atoms with Crippen molar-refractivity contribution in [2.24, 2.45) is 5.92 Å². The van der Waals surface area contributed by atoms with Crippen molar-refractivity contribution in [1.82, 2.24) is 0 Å². The van der Waals surface area contributed by atoms with Crippen molar-refractivity contribution >= 4 is 23.2 Å². The van der Waals surface area contributed by atoms with Gasteiger partial charge in [-0.15, -0.1) is 0 Å². The molecule has 0 bridgehead atoms. The van der Waals surface area contributed by atoms with E-state index in [4.69, 9.17) is 16.3 Å². The smallest absolute Gasteiger partial charge is 0.224 e. The van der Waals surface area contributed by atoms with E-state index in [0.717, 1.165) is 22.9 Å². The van der Waals surface area contributed by atoms with E-state index in [1.165, 1.54) is 5.56 Å². The van der Waals surface area contributed by atoms with E-state index in [9.17, 15) is 4.79 Å². The van der Waals surface area contributed by atoms with Crippen LogP contribution in [0, 0.1) is 5.92 Å². The molecular formula is C18H20ClNO2. The Morgan fingerprint density at radius 1 is 1.14 bits per heavy atom. The van der Waals surface area contributed by atoms with Gasteiger partial charge in [-0.1, -0.05) is 30.7 Å². The minimum absolute atomic E-state index is 0.0200. The first-order valence-electron chi connectivity index (χ1n) is 7.25. The maximum atomic E-state index is 12.1. The summed E-state index contributed by atoms with van der Waals surface area (Å²) in [7, 11) is 1.62. The van der Waals surface area contributed by atoms with E-state index in [2.05, 4.69) is 12.2 Å². The average molecular weight is 318 g/mol. The third kappa shape index (κ3) is 5.08. The quantitative estimate of drug-likeness (QED) is 0.848. The van der Waals surface area contributed by atoms with Gasteiger partial charge in [0.05, 0.1) is 7.11 Å². The van der Waals surface area contributed by atoms with Crippen molar-refractivity contribution in [2.75, 3.05) is 12.4 Å². The molecule has 1 atom stereocenters. The molecule has 0 saturated carbocycles. The zero-order valence-electron chi connectivity index (χ0n) is 12.8. The van der Waals surface area contributed by atoms with Crippen LogP contribution in [0.2, 0.25) is 5.02 Å². The lowest BCUT2D eigenvalue weighted by atomic mass is 9.98. The molecule has 1 N–H and O–H groups in total. The van der Waals surface area contributed by atoms with Crippen LogP contribution in [0.15, 0.2) is 48.5 Å². The summed E-state index contributed by atoms with van der Waals surface area (Å²) in [5, 5.41) is 3.63. The zero-order chi connectivity index (χ0) is 15.9. The number of hydrogen-bond donors (Lipinski definition) is 1. The van der Waals surface area contributed by atoms with Gasteiger partial charge < -0.3 is 10.1 Å². The predicted molar refractivity (Wildman–Crippen MR) is 90.6 cm³/mol. The molecule has 2 rings (SSSR count). The fourth-order valence-electron chi connectivity index (χ4n) is 2.30. The molecule has 0 saturated heterocycles. The van der Waals surface area contributed by atoms with Crippen LogP contribution in [0.25, 0.3) is 0 Å². The summed E-state index contributed by atoms with van der Waals surface area (Å²) in [6.07, 6.45) is 1.34. The number of amides is 1. The molecule has 1 amide bonds. The third-order valence-corrected chi connectivity index (χ3v) is 3.66. The van der Waals surface area contributed by atoms with Crippen molar-refractivity contribution in [3.63, 3.8) is 0 Å². The maximum absolute atomic E-state index is 12.1. The largest absolute Gasteiger partial charge is 0.497 e. The lowest BCUT2D eigenvalue weighted by Crippen LogP contribution is -2.16. The van der Waals surface area contributed by atoms with Gasteiger partial charge in [0.25, 0.3) is 0 Å². The first kappa shape index (κ1) is 16.4. The fraction of sp³-hybridized carbons (Fsp3) is 0.278. The SMILES string of the molecule is COc1ccc(NC(=O)CC(C)Cc2ccc(Cl)cc2)cc1. The molecule has 116 valence electrons. The molecule has 0 aliphatic heterocycles. The van der Waals surface area contributed by atoms with Gasteiger partial charge in [-0.2, -0.15) is 0 Å². The van der Waals surface area contributed by atoms with Crippen LogP contribution < -0.4 is 10.1 Å². The van der Waals surface area contributed by atoms with Crippen molar-refractivity contribution < 1.29 is 9.53 Å². The highest BCUT2D eigenvalue weighted by Gasteiger charge is 2.10. The Labute approximate surface area is 136 Å². The standard InChI is InChI=1S/C18H20ClNO2/c1-13(11-14-3-5-15(19)6-4-14)12-18(21)20-16-7-9-17(22-2)10-8-16/h3-10,13H,11-12H2,1-2H3,(H,20,21). The van der Waals surface area contributed by atoms with Gasteiger partial charge in [-0.25, -0.2) is 0 Å². The number of hydrogen-bond acceptors (Lipinski definition) is 2. The second-order valence-electron chi connectivity index (χ2n) is 5.42. The van der Waals surface area contributed by atoms with Crippen molar-refractivity contribution in [1.29, 1.82) is 0 Å². The number of rotatable bonds is 6. The number of benzene rings is 2. The molecule has 1 unspecified atom stereocenters. The van der Waals surface area contributed by atoms with E-state index >= 15 is 0 Å².